The van der Waals surface area contributed by atoms with Crippen molar-refractivity contribution in [1.82, 2.24) is 5.32 Å². The number of para-hydroxylation sites is 1. The Morgan fingerprint density at radius 3 is 2.23 bits per heavy atom. The number of hydrogen-bond donors (Lipinski definition) is 2. The largest absolute Gasteiger partial charge is 0.377 e. The van der Waals surface area contributed by atoms with Crippen LogP contribution < -0.4 is 16.0 Å². The van der Waals surface area contributed by atoms with Gasteiger partial charge >= 0.3 is 0 Å². The molecule has 1 amide bonds. The van der Waals surface area contributed by atoms with Crippen LogP contribution in [0.25, 0.3) is 0 Å². The molecule has 0 radical (unpaired) electrons. The van der Waals surface area contributed by atoms with Crippen LogP contribution in [0.1, 0.15) is 30.1 Å². The molecule has 0 heterocycles. The third-order valence-electron chi connectivity index (χ3n) is 3.72. The first kappa shape index (κ1) is 16.0. The third kappa shape index (κ3) is 3.65. The number of primary amides is 1. The van der Waals surface area contributed by atoms with E-state index in [0.29, 0.717) is 0 Å². The van der Waals surface area contributed by atoms with Gasteiger partial charge in [-0.05, 0) is 24.1 Å². The Balaban J connectivity index is 2.26. The molecule has 22 heavy (non-hydrogen) atoms. The molecule has 0 aliphatic rings. The van der Waals surface area contributed by atoms with E-state index in [0.717, 1.165) is 16.8 Å². The summed E-state index contributed by atoms with van der Waals surface area (Å²) in [7, 11) is 4.02. The standard InChI is InChI=1S/C18H23N3O/c1-13(15-11-7-8-12-16(15)21(2)3)20-17(18(19)22)14-9-5-4-6-10-14/h4-13,17,20H,1-3H3,(H2,19,22)/t13-,17-/m0/s1. The lowest BCUT2D eigenvalue weighted by atomic mass is 10.0. The molecule has 4 nitrogen and oxygen atoms in total. The molecule has 2 aromatic carbocycles. The van der Waals surface area contributed by atoms with Crippen LogP contribution in [0.5, 0.6) is 0 Å². The average molecular weight is 297 g/mol. The van der Waals surface area contributed by atoms with Gasteiger partial charge in [-0.1, -0.05) is 48.5 Å². The highest BCUT2D eigenvalue weighted by Gasteiger charge is 2.21. The smallest absolute Gasteiger partial charge is 0.239 e. The first-order valence-electron chi connectivity index (χ1n) is 7.37. The van der Waals surface area contributed by atoms with E-state index in [9.17, 15) is 4.79 Å². The van der Waals surface area contributed by atoms with Crippen molar-refractivity contribution in [3.63, 3.8) is 0 Å². The minimum absolute atomic E-state index is 0.00342. The summed E-state index contributed by atoms with van der Waals surface area (Å²) < 4.78 is 0. The summed E-state index contributed by atoms with van der Waals surface area (Å²) in [5, 5.41) is 3.34. The molecule has 0 aliphatic carbocycles. The van der Waals surface area contributed by atoms with E-state index in [4.69, 9.17) is 5.73 Å². The number of hydrogen-bond acceptors (Lipinski definition) is 3. The molecule has 4 heteroatoms. The number of rotatable bonds is 6. The second-order valence-corrected chi connectivity index (χ2v) is 5.59. The zero-order chi connectivity index (χ0) is 16.1. The van der Waals surface area contributed by atoms with Gasteiger partial charge in [-0.3, -0.25) is 10.1 Å². The van der Waals surface area contributed by atoms with Crippen molar-refractivity contribution in [3.8, 4) is 0 Å². The maximum atomic E-state index is 11.8. The highest BCUT2D eigenvalue weighted by Crippen LogP contribution is 2.27. The van der Waals surface area contributed by atoms with Crippen molar-refractivity contribution < 1.29 is 4.79 Å². The van der Waals surface area contributed by atoms with E-state index in [-0.39, 0.29) is 11.9 Å². The first-order valence-corrected chi connectivity index (χ1v) is 7.37. The molecule has 0 saturated heterocycles. The molecule has 0 fully saturated rings. The number of nitrogens with one attached hydrogen (secondary N) is 1. The predicted octanol–water partition coefficient (Wildman–Crippen LogP) is 2.63. The summed E-state index contributed by atoms with van der Waals surface area (Å²) in [4.78, 5) is 13.9. The fourth-order valence-corrected chi connectivity index (χ4v) is 2.59. The van der Waals surface area contributed by atoms with Crippen LogP contribution in [0.15, 0.2) is 54.6 Å². The van der Waals surface area contributed by atoms with Gasteiger partial charge in [0.2, 0.25) is 5.91 Å². The van der Waals surface area contributed by atoms with Crippen LogP contribution in [0.2, 0.25) is 0 Å². The molecule has 2 atom stereocenters. The van der Waals surface area contributed by atoms with Crippen molar-refractivity contribution in [1.29, 1.82) is 0 Å². The Labute approximate surface area is 131 Å². The van der Waals surface area contributed by atoms with E-state index in [1.165, 1.54) is 0 Å². The zero-order valence-electron chi connectivity index (χ0n) is 13.3. The van der Waals surface area contributed by atoms with Crippen LogP contribution in [0.3, 0.4) is 0 Å². The van der Waals surface area contributed by atoms with Gasteiger partial charge in [0.1, 0.15) is 6.04 Å². The fourth-order valence-electron chi connectivity index (χ4n) is 2.59. The molecule has 0 aliphatic heterocycles. The van der Waals surface area contributed by atoms with Crippen molar-refractivity contribution in [2.75, 3.05) is 19.0 Å². The predicted molar refractivity (Wildman–Crippen MR) is 90.7 cm³/mol. The summed E-state index contributed by atoms with van der Waals surface area (Å²) in [6.45, 7) is 2.04. The molecule has 0 aromatic heterocycles. The maximum Gasteiger partial charge on any atom is 0.239 e. The lowest BCUT2D eigenvalue weighted by molar-refractivity contribution is -0.120. The van der Waals surface area contributed by atoms with Gasteiger partial charge in [0.05, 0.1) is 0 Å². The summed E-state index contributed by atoms with van der Waals surface area (Å²) in [6.07, 6.45) is 0. The van der Waals surface area contributed by atoms with Gasteiger partial charge in [0.15, 0.2) is 0 Å². The number of carbonyl (C=O) groups is 1. The van der Waals surface area contributed by atoms with E-state index in [1.54, 1.807) is 0 Å². The lowest BCUT2D eigenvalue weighted by Crippen LogP contribution is -2.35. The number of amides is 1. The molecule has 0 spiro atoms. The number of anilines is 1. The second-order valence-electron chi connectivity index (χ2n) is 5.59. The second kappa shape index (κ2) is 7.09. The molecule has 116 valence electrons. The number of carbonyl (C=O) groups excluding carboxylic acids is 1. The van der Waals surface area contributed by atoms with Crippen molar-refractivity contribution in [3.05, 3.63) is 65.7 Å². The molecule has 0 saturated carbocycles. The van der Waals surface area contributed by atoms with Gasteiger partial charge in [-0.2, -0.15) is 0 Å². The molecule has 0 unspecified atom stereocenters. The fraction of sp³-hybridized carbons (Fsp3) is 0.278. The van der Waals surface area contributed by atoms with Crippen molar-refractivity contribution in [2.24, 2.45) is 5.73 Å². The minimum atomic E-state index is -0.508. The van der Waals surface area contributed by atoms with E-state index in [1.807, 2.05) is 63.5 Å². The molecule has 0 bridgehead atoms. The number of nitrogens with two attached hydrogens (primary N) is 1. The average Bonchev–Trinajstić information content (AvgIpc) is 2.52. The highest BCUT2D eigenvalue weighted by molar-refractivity contribution is 5.81. The number of benzene rings is 2. The first-order chi connectivity index (χ1) is 10.5. The van der Waals surface area contributed by atoms with Crippen LogP contribution in [0, 0.1) is 0 Å². The maximum absolute atomic E-state index is 11.8. The van der Waals surface area contributed by atoms with E-state index < -0.39 is 6.04 Å². The van der Waals surface area contributed by atoms with E-state index >= 15 is 0 Å². The van der Waals surface area contributed by atoms with Gasteiger partial charge in [-0.15, -0.1) is 0 Å². The molecule has 2 aromatic rings. The Morgan fingerprint density at radius 1 is 1.05 bits per heavy atom. The van der Waals surface area contributed by atoms with Crippen LogP contribution in [0.4, 0.5) is 5.69 Å². The molecule has 2 rings (SSSR count). The third-order valence-corrected chi connectivity index (χ3v) is 3.72. The SMILES string of the molecule is C[C@H](N[C@H](C(N)=O)c1ccccc1)c1ccccc1N(C)C. The summed E-state index contributed by atoms with van der Waals surface area (Å²) in [6, 6.07) is 17.2. The number of nitrogens with zero attached hydrogens (tertiary/aromatic N) is 1. The van der Waals surface area contributed by atoms with Gasteiger partial charge < -0.3 is 10.6 Å². The molecular weight excluding hydrogens is 274 g/mol. The monoisotopic (exact) mass is 297 g/mol. The quantitative estimate of drug-likeness (QED) is 0.861. The zero-order valence-corrected chi connectivity index (χ0v) is 13.3. The summed E-state index contributed by atoms with van der Waals surface area (Å²) in [5.74, 6) is -0.375. The van der Waals surface area contributed by atoms with Gasteiger partial charge in [0.25, 0.3) is 0 Å². The molecular formula is C18H23N3O. The Hall–Kier alpha value is -2.33. The van der Waals surface area contributed by atoms with Gasteiger partial charge in [-0.25, -0.2) is 0 Å². The Kier molecular flexibility index (Phi) is 5.17. The topological polar surface area (TPSA) is 58.4 Å². The van der Waals surface area contributed by atoms with E-state index in [2.05, 4.69) is 22.3 Å². The van der Waals surface area contributed by atoms with Crippen molar-refractivity contribution >= 4 is 11.6 Å². The van der Waals surface area contributed by atoms with Crippen LogP contribution in [-0.4, -0.2) is 20.0 Å². The van der Waals surface area contributed by atoms with Crippen LogP contribution >= 0.6 is 0 Å². The summed E-state index contributed by atoms with van der Waals surface area (Å²) >= 11 is 0. The highest BCUT2D eigenvalue weighted by atomic mass is 16.1. The lowest BCUT2D eigenvalue weighted by Gasteiger charge is -2.25. The minimum Gasteiger partial charge on any atom is -0.377 e. The molecule has 3 N–H and O–H groups in total. The van der Waals surface area contributed by atoms with Crippen LogP contribution in [-0.2, 0) is 4.79 Å². The van der Waals surface area contributed by atoms with Gasteiger partial charge in [0, 0.05) is 25.8 Å². The Bertz CT molecular complexity index is 625. The normalized spacial score (nSPS) is 13.4. The van der Waals surface area contributed by atoms with Crippen molar-refractivity contribution in [2.45, 2.75) is 19.0 Å². The Morgan fingerprint density at radius 2 is 1.64 bits per heavy atom. The summed E-state index contributed by atoms with van der Waals surface area (Å²) in [5.41, 5.74) is 8.72.